The lowest BCUT2D eigenvalue weighted by Gasteiger charge is -2.56. The standard InChI is InChI=1S/C18H24N2O3/c1-19(16(21)13-14-5-3-2-4-6-14)15-7-8-18(15)9-11-20(12-10-18)17(22)23/h2-6,15H,7-13H2,1H3,(H,22,23). The third-order valence-corrected chi connectivity index (χ3v) is 5.71. The fourth-order valence-corrected chi connectivity index (χ4v) is 4.08. The van der Waals surface area contributed by atoms with Gasteiger partial charge in [-0.05, 0) is 36.7 Å². The summed E-state index contributed by atoms with van der Waals surface area (Å²) >= 11 is 0. The average Bonchev–Trinajstić information content (AvgIpc) is 2.54. The molecule has 1 unspecified atom stereocenters. The van der Waals surface area contributed by atoms with Gasteiger partial charge in [-0.25, -0.2) is 4.79 Å². The molecule has 1 atom stereocenters. The lowest BCUT2D eigenvalue weighted by atomic mass is 9.58. The van der Waals surface area contributed by atoms with Crippen LogP contribution in [-0.2, 0) is 11.2 Å². The van der Waals surface area contributed by atoms with E-state index in [9.17, 15) is 9.59 Å². The highest BCUT2D eigenvalue weighted by atomic mass is 16.4. The van der Waals surface area contributed by atoms with Crippen LogP contribution in [-0.4, -0.2) is 53.1 Å². The molecule has 0 aromatic heterocycles. The summed E-state index contributed by atoms with van der Waals surface area (Å²) in [5.41, 5.74) is 1.17. The third kappa shape index (κ3) is 3.05. The van der Waals surface area contributed by atoms with E-state index in [1.807, 2.05) is 42.3 Å². The molecule has 2 fully saturated rings. The van der Waals surface area contributed by atoms with E-state index in [0.717, 1.165) is 31.2 Å². The van der Waals surface area contributed by atoms with E-state index in [4.69, 9.17) is 5.11 Å². The molecule has 2 aliphatic rings. The number of piperidine rings is 1. The minimum atomic E-state index is -0.829. The molecule has 1 aromatic rings. The van der Waals surface area contributed by atoms with Gasteiger partial charge in [0.05, 0.1) is 6.42 Å². The summed E-state index contributed by atoms with van der Waals surface area (Å²) in [7, 11) is 1.90. The molecule has 1 aromatic carbocycles. The van der Waals surface area contributed by atoms with Gasteiger partial charge in [-0.3, -0.25) is 4.79 Å². The van der Waals surface area contributed by atoms with Crippen LogP contribution >= 0.6 is 0 Å². The van der Waals surface area contributed by atoms with Crippen molar-refractivity contribution in [3.8, 4) is 0 Å². The van der Waals surface area contributed by atoms with E-state index in [1.165, 1.54) is 4.90 Å². The van der Waals surface area contributed by atoms with Gasteiger partial charge in [0.25, 0.3) is 0 Å². The van der Waals surface area contributed by atoms with Crippen LogP contribution in [0.3, 0.4) is 0 Å². The maximum absolute atomic E-state index is 12.6. The van der Waals surface area contributed by atoms with E-state index in [1.54, 1.807) is 0 Å². The summed E-state index contributed by atoms with van der Waals surface area (Å²) in [6, 6.07) is 10.1. The SMILES string of the molecule is CN(C(=O)Cc1ccccc1)C1CCC12CCN(C(=O)O)CC2. The van der Waals surface area contributed by atoms with Gasteiger partial charge < -0.3 is 14.9 Å². The molecule has 0 radical (unpaired) electrons. The van der Waals surface area contributed by atoms with Gasteiger partial charge in [0.2, 0.25) is 5.91 Å². The second-order valence-corrected chi connectivity index (χ2v) is 6.85. The number of hydrogen-bond donors (Lipinski definition) is 1. The van der Waals surface area contributed by atoms with Crippen molar-refractivity contribution in [2.75, 3.05) is 20.1 Å². The number of carboxylic acid groups (broad SMARTS) is 1. The lowest BCUT2D eigenvalue weighted by molar-refractivity contribution is -0.141. The Morgan fingerprint density at radius 2 is 1.87 bits per heavy atom. The van der Waals surface area contributed by atoms with Gasteiger partial charge in [-0.1, -0.05) is 30.3 Å². The molecule has 1 aliphatic carbocycles. The third-order valence-electron chi connectivity index (χ3n) is 5.71. The van der Waals surface area contributed by atoms with Crippen LogP contribution in [0.25, 0.3) is 0 Å². The van der Waals surface area contributed by atoms with Crippen LogP contribution in [0.15, 0.2) is 30.3 Å². The van der Waals surface area contributed by atoms with E-state index >= 15 is 0 Å². The zero-order chi connectivity index (χ0) is 16.4. The normalized spacial score (nSPS) is 22.5. The van der Waals surface area contributed by atoms with Crippen molar-refractivity contribution >= 4 is 12.0 Å². The highest BCUT2D eigenvalue weighted by Crippen LogP contribution is 2.51. The van der Waals surface area contributed by atoms with Gasteiger partial charge in [-0.15, -0.1) is 0 Å². The molecular weight excluding hydrogens is 292 g/mol. The Kier molecular flexibility index (Phi) is 4.28. The van der Waals surface area contributed by atoms with E-state index in [2.05, 4.69) is 0 Å². The maximum atomic E-state index is 12.6. The number of benzene rings is 1. The molecule has 2 amide bonds. The van der Waals surface area contributed by atoms with Gasteiger partial charge in [0, 0.05) is 26.2 Å². The fourth-order valence-electron chi connectivity index (χ4n) is 4.08. The minimum Gasteiger partial charge on any atom is -0.465 e. The van der Waals surface area contributed by atoms with Crippen LogP contribution in [0.2, 0.25) is 0 Å². The maximum Gasteiger partial charge on any atom is 0.407 e. The number of carbonyl (C=O) groups excluding carboxylic acids is 1. The quantitative estimate of drug-likeness (QED) is 0.932. The first kappa shape index (κ1) is 15.8. The Balaban J connectivity index is 1.61. The smallest absolute Gasteiger partial charge is 0.407 e. The van der Waals surface area contributed by atoms with Gasteiger partial charge in [0.1, 0.15) is 0 Å². The van der Waals surface area contributed by atoms with Crippen LogP contribution in [0.4, 0.5) is 4.79 Å². The first-order chi connectivity index (χ1) is 11.0. The second kappa shape index (κ2) is 6.22. The molecule has 3 rings (SSSR count). The number of rotatable bonds is 3. The molecule has 0 bridgehead atoms. The number of likely N-dealkylation sites (N-methyl/N-ethyl adjacent to an activating group) is 1. The highest BCUT2D eigenvalue weighted by Gasteiger charge is 2.51. The Morgan fingerprint density at radius 1 is 1.22 bits per heavy atom. The van der Waals surface area contributed by atoms with Crippen molar-refractivity contribution in [3.63, 3.8) is 0 Å². The molecule has 1 spiro atoms. The molecule has 1 aliphatic heterocycles. The molecule has 1 saturated carbocycles. The van der Waals surface area contributed by atoms with Crippen molar-refractivity contribution < 1.29 is 14.7 Å². The van der Waals surface area contributed by atoms with E-state index in [-0.39, 0.29) is 17.4 Å². The largest absolute Gasteiger partial charge is 0.465 e. The molecule has 1 saturated heterocycles. The molecular formula is C18H24N2O3. The summed E-state index contributed by atoms with van der Waals surface area (Å²) in [6.07, 6.45) is 3.48. The van der Waals surface area contributed by atoms with Gasteiger partial charge in [0.15, 0.2) is 0 Å². The molecule has 1 N–H and O–H groups in total. The van der Waals surface area contributed by atoms with Crippen LogP contribution in [0, 0.1) is 5.41 Å². The Labute approximate surface area is 136 Å². The van der Waals surface area contributed by atoms with Gasteiger partial charge in [-0.2, -0.15) is 0 Å². The molecule has 5 heteroatoms. The van der Waals surface area contributed by atoms with Crippen LogP contribution in [0.5, 0.6) is 0 Å². The van der Waals surface area contributed by atoms with Crippen molar-refractivity contribution in [2.45, 2.75) is 38.1 Å². The van der Waals surface area contributed by atoms with Crippen molar-refractivity contribution in [2.24, 2.45) is 5.41 Å². The minimum absolute atomic E-state index is 0.132. The van der Waals surface area contributed by atoms with Gasteiger partial charge >= 0.3 is 6.09 Å². The Morgan fingerprint density at radius 3 is 2.39 bits per heavy atom. The van der Waals surface area contributed by atoms with Crippen LogP contribution in [0.1, 0.15) is 31.2 Å². The number of amides is 2. The first-order valence-corrected chi connectivity index (χ1v) is 8.29. The zero-order valence-corrected chi connectivity index (χ0v) is 13.6. The first-order valence-electron chi connectivity index (χ1n) is 8.29. The topological polar surface area (TPSA) is 60.9 Å². The summed E-state index contributed by atoms with van der Waals surface area (Å²) in [5.74, 6) is 0.154. The summed E-state index contributed by atoms with van der Waals surface area (Å²) in [6.45, 7) is 1.18. The predicted octanol–water partition coefficient (Wildman–Crippen LogP) is 2.61. The average molecular weight is 316 g/mol. The van der Waals surface area contributed by atoms with E-state index in [0.29, 0.717) is 19.5 Å². The predicted molar refractivity (Wildman–Crippen MR) is 87.2 cm³/mol. The zero-order valence-electron chi connectivity index (χ0n) is 13.6. The number of likely N-dealkylation sites (tertiary alicyclic amines) is 1. The molecule has 124 valence electrons. The summed E-state index contributed by atoms with van der Waals surface area (Å²) in [4.78, 5) is 27.0. The number of hydrogen-bond acceptors (Lipinski definition) is 2. The number of nitrogens with zero attached hydrogens (tertiary/aromatic N) is 2. The highest BCUT2D eigenvalue weighted by molar-refractivity contribution is 5.79. The van der Waals surface area contributed by atoms with Crippen molar-refractivity contribution in [1.82, 2.24) is 9.80 Å². The fraction of sp³-hybridized carbons (Fsp3) is 0.556. The number of carbonyl (C=O) groups is 2. The van der Waals surface area contributed by atoms with E-state index < -0.39 is 6.09 Å². The summed E-state index contributed by atoms with van der Waals surface area (Å²) in [5, 5.41) is 9.09. The Bertz CT molecular complexity index is 579. The molecule has 5 nitrogen and oxygen atoms in total. The second-order valence-electron chi connectivity index (χ2n) is 6.85. The van der Waals surface area contributed by atoms with Crippen molar-refractivity contribution in [3.05, 3.63) is 35.9 Å². The lowest BCUT2D eigenvalue weighted by Crippen LogP contribution is -2.60. The molecule has 1 heterocycles. The monoisotopic (exact) mass is 316 g/mol. The van der Waals surface area contributed by atoms with Crippen LogP contribution < -0.4 is 0 Å². The Hall–Kier alpha value is -2.04. The van der Waals surface area contributed by atoms with Crippen molar-refractivity contribution in [1.29, 1.82) is 0 Å². The summed E-state index contributed by atoms with van der Waals surface area (Å²) < 4.78 is 0. The molecule has 23 heavy (non-hydrogen) atoms.